The highest BCUT2D eigenvalue weighted by Gasteiger charge is 2.09. The maximum atomic E-state index is 10.6. The Labute approximate surface area is 59.0 Å². The molecule has 0 aromatic carbocycles. The second kappa shape index (κ2) is 4.42. The molecule has 0 aliphatic heterocycles. The summed E-state index contributed by atoms with van der Waals surface area (Å²) in [6.07, 6.45) is 0. The van der Waals surface area contributed by atoms with Gasteiger partial charge in [0.05, 0.1) is 6.61 Å². The molecule has 0 amide bonds. The van der Waals surface area contributed by atoms with E-state index in [1.54, 1.807) is 6.92 Å². The fourth-order valence-corrected chi connectivity index (χ4v) is 0.323. The van der Waals surface area contributed by atoms with Crippen molar-refractivity contribution in [2.24, 2.45) is 16.1 Å². The van der Waals surface area contributed by atoms with Gasteiger partial charge in [0.1, 0.15) is 0 Å². The number of esters is 1. The van der Waals surface area contributed by atoms with Gasteiger partial charge in [-0.1, -0.05) is 0 Å². The highest BCUT2D eigenvalue weighted by Crippen LogP contribution is 1.83. The van der Waals surface area contributed by atoms with Gasteiger partial charge in [0.25, 0.3) is 5.84 Å². The number of hydrogen-bond acceptors (Lipinski definition) is 5. The van der Waals surface area contributed by atoms with Crippen LogP contribution in [-0.4, -0.2) is 18.4 Å². The van der Waals surface area contributed by atoms with Crippen molar-refractivity contribution < 1.29 is 11.0 Å². The molecule has 0 aliphatic carbocycles. The summed E-state index contributed by atoms with van der Waals surface area (Å²) in [6, 6.07) is 0. The second-order valence-electron chi connectivity index (χ2n) is 1.28. The first kappa shape index (κ1) is 8.54. The van der Waals surface area contributed by atoms with E-state index in [0.29, 0.717) is 0 Å². The number of carbonyl (C=O) groups excluding carboxylic acids is 1. The summed E-state index contributed by atoms with van der Waals surface area (Å²) < 4.78 is 4.42. The lowest BCUT2D eigenvalue weighted by Gasteiger charge is -1.96. The van der Waals surface area contributed by atoms with E-state index in [2.05, 4.69) is 20.8 Å². The number of rotatable bonds is 1. The minimum absolute atomic E-state index is 0. The van der Waals surface area contributed by atoms with Crippen LogP contribution in [0.25, 0.3) is 0 Å². The zero-order valence-corrected chi connectivity index (χ0v) is 5.50. The van der Waals surface area contributed by atoms with Crippen LogP contribution in [0.4, 0.5) is 0 Å². The summed E-state index contributed by atoms with van der Waals surface area (Å²) in [5.41, 5.74) is 6.38. The van der Waals surface area contributed by atoms with Crippen LogP contribution in [0.2, 0.25) is 0 Å². The third-order valence-corrected chi connectivity index (χ3v) is 0.686. The smallest absolute Gasteiger partial charge is 0.379 e. The molecule has 3 N–H and O–H groups in total. The predicted octanol–water partition coefficient (Wildman–Crippen LogP) is 0.0987. The van der Waals surface area contributed by atoms with Gasteiger partial charge in [0, 0.05) is 1.43 Å². The van der Waals surface area contributed by atoms with Crippen molar-refractivity contribution in [3.05, 3.63) is 0 Å². The molecule has 0 aromatic heterocycles. The molecule has 0 saturated heterocycles. The standard InChI is InChI=1S/C4H8N4O2.H2/c1-2-10-4(9)3(7-5)8-6;/h5H,2,6H2,1H3;1H/b7-5?,8-3-;. The van der Waals surface area contributed by atoms with Crippen LogP contribution >= 0.6 is 0 Å². The van der Waals surface area contributed by atoms with Gasteiger partial charge in [-0.05, 0) is 6.92 Å². The van der Waals surface area contributed by atoms with Crippen LogP contribution in [-0.2, 0) is 9.53 Å². The van der Waals surface area contributed by atoms with E-state index < -0.39 is 11.8 Å². The van der Waals surface area contributed by atoms with Crippen LogP contribution < -0.4 is 5.84 Å². The van der Waals surface area contributed by atoms with Gasteiger partial charge in [0.15, 0.2) is 0 Å². The molecule has 0 spiro atoms. The van der Waals surface area contributed by atoms with E-state index in [1.807, 2.05) is 0 Å². The normalized spacial score (nSPS) is 10.7. The van der Waals surface area contributed by atoms with Crippen molar-refractivity contribution in [2.45, 2.75) is 6.92 Å². The first-order valence-electron chi connectivity index (χ1n) is 2.58. The number of hydrazone groups is 1. The molecule has 6 heteroatoms. The lowest BCUT2D eigenvalue weighted by atomic mass is 10.6. The van der Waals surface area contributed by atoms with Crippen molar-refractivity contribution in [3.8, 4) is 0 Å². The van der Waals surface area contributed by atoms with Gasteiger partial charge in [-0.15, -0.1) is 5.11 Å². The van der Waals surface area contributed by atoms with E-state index in [-0.39, 0.29) is 8.03 Å². The molecule has 0 saturated carbocycles. The Morgan fingerprint density at radius 1 is 1.90 bits per heavy atom. The molecule has 0 fully saturated rings. The fourth-order valence-electron chi connectivity index (χ4n) is 0.323. The van der Waals surface area contributed by atoms with Gasteiger partial charge < -0.3 is 10.6 Å². The first-order valence-corrected chi connectivity index (χ1v) is 2.58. The Hall–Kier alpha value is -1.46. The molecular weight excluding hydrogens is 136 g/mol. The summed E-state index contributed by atoms with van der Waals surface area (Å²) in [7, 11) is 0. The van der Waals surface area contributed by atoms with E-state index >= 15 is 0 Å². The van der Waals surface area contributed by atoms with E-state index in [9.17, 15) is 4.79 Å². The largest absolute Gasteiger partial charge is 0.460 e. The zero-order chi connectivity index (χ0) is 7.98. The maximum Gasteiger partial charge on any atom is 0.379 e. The van der Waals surface area contributed by atoms with Crippen LogP contribution in [0, 0.1) is 5.53 Å². The minimum atomic E-state index is -0.778. The predicted molar refractivity (Wildman–Crippen MR) is 35.5 cm³/mol. The maximum absolute atomic E-state index is 10.6. The average molecular weight is 146 g/mol. The topological polar surface area (TPSA) is 101 Å². The molecule has 0 rings (SSSR count). The Bertz CT molecular complexity index is 169. The van der Waals surface area contributed by atoms with Crippen molar-refractivity contribution >= 4 is 11.8 Å². The highest BCUT2D eigenvalue weighted by atomic mass is 16.5. The summed E-state index contributed by atoms with van der Waals surface area (Å²) in [4.78, 5) is 10.6. The summed E-state index contributed by atoms with van der Waals surface area (Å²) in [5, 5.41) is 5.64. The first-order chi connectivity index (χ1) is 4.76. The molecule has 0 heterocycles. The second-order valence-corrected chi connectivity index (χ2v) is 1.28. The molecule has 10 heavy (non-hydrogen) atoms. The van der Waals surface area contributed by atoms with Gasteiger partial charge in [-0.2, -0.15) is 5.10 Å². The Morgan fingerprint density at radius 3 is 2.80 bits per heavy atom. The van der Waals surface area contributed by atoms with E-state index in [4.69, 9.17) is 5.53 Å². The fraction of sp³-hybridized carbons (Fsp3) is 0.500. The molecular formula is C4H10N4O2. The van der Waals surface area contributed by atoms with Crippen LogP contribution in [0.3, 0.4) is 0 Å². The van der Waals surface area contributed by atoms with Crippen molar-refractivity contribution in [1.82, 2.24) is 0 Å². The lowest BCUT2D eigenvalue weighted by Crippen LogP contribution is -2.16. The van der Waals surface area contributed by atoms with Crippen molar-refractivity contribution in [1.29, 1.82) is 5.53 Å². The van der Waals surface area contributed by atoms with Crippen LogP contribution in [0.1, 0.15) is 8.35 Å². The van der Waals surface area contributed by atoms with E-state index in [1.165, 1.54) is 0 Å². The quantitative estimate of drug-likeness (QED) is 0.137. The Balaban J connectivity index is 0. The zero-order valence-electron chi connectivity index (χ0n) is 5.50. The highest BCUT2D eigenvalue weighted by molar-refractivity contribution is 6.35. The molecule has 0 aliphatic rings. The number of nitrogens with one attached hydrogen (secondary N) is 1. The third kappa shape index (κ3) is 2.21. The molecule has 58 valence electrons. The summed E-state index contributed by atoms with van der Waals surface area (Å²) in [5.74, 6) is 3.48. The van der Waals surface area contributed by atoms with Crippen LogP contribution in [0.15, 0.2) is 10.2 Å². The molecule has 6 nitrogen and oxygen atoms in total. The number of nitrogens with zero attached hydrogens (tertiary/aromatic N) is 2. The Kier molecular flexibility index (Phi) is 3.78. The van der Waals surface area contributed by atoms with Crippen LogP contribution in [0.5, 0.6) is 0 Å². The van der Waals surface area contributed by atoms with Gasteiger partial charge >= 0.3 is 5.97 Å². The number of nitrogens with two attached hydrogens (primary N) is 1. The molecule has 0 aromatic rings. The molecule has 0 unspecified atom stereocenters. The summed E-state index contributed by atoms with van der Waals surface area (Å²) >= 11 is 0. The number of amidine groups is 1. The monoisotopic (exact) mass is 146 g/mol. The third-order valence-electron chi connectivity index (χ3n) is 0.686. The van der Waals surface area contributed by atoms with Gasteiger partial charge in [0.2, 0.25) is 0 Å². The van der Waals surface area contributed by atoms with E-state index in [0.717, 1.165) is 0 Å². The molecule has 0 atom stereocenters. The number of carbonyl (C=O) groups is 1. The lowest BCUT2D eigenvalue weighted by molar-refractivity contribution is -0.135. The van der Waals surface area contributed by atoms with Gasteiger partial charge in [-0.3, -0.25) is 0 Å². The minimum Gasteiger partial charge on any atom is -0.460 e. The Morgan fingerprint density at radius 2 is 2.50 bits per heavy atom. The number of hydrogen-bond donors (Lipinski definition) is 2. The average Bonchev–Trinajstić information content (AvgIpc) is 1.91. The SMILES string of the molecule is CCOC(=O)/C(N=N)=N/N.[HH]. The van der Waals surface area contributed by atoms with Crippen molar-refractivity contribution in [2.75, 3.05) is 6.61 Å². The molecule has 0 bridgehead atoms. The summed E-state index contributed by atoms with van der Waals surface area (Å²) in [6.45, 7) is 1.85. The molecule has 0 radical (unpaired) electrons. The number of ether oxygens (including phenoxy) is 1. The van der Waals surface area contributed by atoms with Crippen molar-refractivity contribution in [3.63, 3.8) is 0 Å². The van der Waals surface area contributed by atoms with Gasteiger partial charge in [-0.25, -0.2) is 10.3 Å².